The Morgan fingerprint density at radius 2 is 1.88 bits per heavy atom. The molecule has 0 saturated carbocycles. The highest BCUT2D eigenvalue weighted by molar-refractivity contribution is 8.09. The number of hydrogen-bond donors (Lipinski definition) is 1. The number of carbonyl (C=O) groups is 1. The highest BCUT2D eigenvalue weighted by atomic mass is 32.2. The van der Waals surface area contributed by atoms with Crippen LogP contribution in [0.15, 0.2) is 42.5 Å². The number of nitrogens with zero attached hydrogens (tertiary/aromatic N) is 1. The summed E-state index contributed by atoms with van der Waals surface area (Å²) in [5.41, 5.74) is 1.76. The van der Waals surface area contributed by atoms with Gasteiger partial charge in [-0.3, -0.25) is 4.79 Å². The van der Waals surface area contributed by atoms with E-state index in [9.17, 15) is 4.79 Å². The number of hydrogen-bond acceptors (Lipinski definition) is 6. The van der Waals surface area contributed by atoms with E-state index in [4.69, 9.17) is 14.6 Å². The Kier molecular flexibility index (Phi) is 5.80. The van der Waals surface area contributed by atoms with Gasteiger partial charge < -0.3 is 14.6 Å². The monoisotopic (exact) mass is 387 g/mol. The van der Waals surface area contributed by atoms with Crippen LogP contribution in [-0.4, -0.2) is 36.0 Å². The predicted molar refractivity (Wildman–Crippen MR) is 107 cm³/mol. The van der Waals surface area contributed by atoms with Gasteiger partial charge in [-0.05, 0) is 35.9 Å². The van der Waals surface area contributed by atoms with Crippen molar-refractivity contribution in [2.45, 2.75) is 0 Å². The predicted octanol–water partition coefficient (Wildman–Crippen LogP) is 4.63. The molecular weight excluding hydrogens is 370 g/mol. The fraction of sp³-hybridized carbons (Fsp3) is 0.158. The molecule has 0 saturated heterocycles. The number of ether oxygens (including phenoxy) is 2. The lowest BCUT2D eigenvalue weighted by atomic mass is 10.2. The summed E-state index contributed by atoms with van der Waals surface area (Å²) >= 11 is 2.79. The molecular formula is C19H17NO4S2. The number of aromatic nitrogens is 1. The van der Waals surface area contributed by atoms with Gasteiger partial charge in [0.25, 0.3) is 0 Å². The van der Waals surface area contributed by atoms with Crippen molar-refractivity contribution >= 4 is 50.3 Å². The van der Waals surface area contributed by atoms with Crippen LogP contribution in [0.2, 0.25) is 0 Å². The van der Waals surface area contributed by atoms with Gasteiger partial charge in [-0.25, -0.2) is 4.98 Å². The largest absolute Gasteiger partial charge is 0.497 e. The van der Waals surface area contributed by atoms with E-state index in [1.54, 1.807) is 31.6 Å². The highest BCUT2D eigenvalue weighted by Gasteiger charge is 2.12. The number of fused-ring (bicyclic) bond motifs is 1. The van der Waals surface area contributed by atoms with E-state index in [1.165, 1.54) is 11.8 Å². The molecule has 0 bridgehead atoms. The number of methoxy groups -OCH3 is 2. The average molecular weight is 387 g/mol. The summed E-state index contributed by atoms with van der Waals surface area (Å²) in [7, 11) is 3.19. The van der Waals surface area contributed by atoms with E-state index in [-0.39, 0.29) is 5.75 Å². The molecule has 3 aromatic rings. The lowest BCUT2D eigenvalue weighted by Gasteiger charge is -2.07. The van der Waals surface area contributed by atoms with Gasteiger partial charge >= 0.3 is 5.97 Å². The van der Waals surface area contributed by atoms with Gasteiger partial charge in [0.2, 0.25) is 0 Å². The maximum atomic E-state index is 11.1. The zero-order chi connectivity index (χ0) is 18.5. The zero-order valence-electron chi connectivity index (χ0n) is 14.3. The first-order valence-electron chi connectivity index (χ1n) is 7.74. The second kappa shape index (κ2) is 8.25. The van der Waals surface area contributed by atoms with E-state index < -0.39 is 5.97 Å². The zero-order valence-corrected chi connectivity index (χ0v) is 15.9. The van der Waals surface area contributed by atoms with Crippen molar-refractivity contribution in [2.75, 3.05) is 20.0 Å². The minimum absolute atomic E-state index is 0.0388. The number of aliphatic carboxylic acids is 1. The van der Waals surface area contributed by atoms with Gasteiger partial charge in [0, 0.05) is 11.0 Å². The van der Waals surface area contributed by atoms with Crippen molar-refractivity contribution in [2.24, 2.45) is 0 Å². The highest BCUT2D eigenvalue weighted by Crippen LogP contribution is 2.36. The Bertz CT molecular complexity index is 910. The topological polar surface area (TPSA) is 68.7 Å². The molecule has 3 rings (SSSR count). The third-order valence-electron chi connectivity index (χ3n) is 3.53. The number of thiazole rings is 1. The Hall–Kier alpha value is -2.51. The first-order valence-corrected chi connectivity index (χ1v) is 9.54. The summed E-state index contributed by atoms with van der Waals surface area (Å²) in [5, 5.41) is 9.87. The summed E-state index contributed by atoms with van der Waals surface area (Å²) in [6.45, 7) is 0. The third kappa shape index (κ3) is 4.36. The molecule has 2 aromatic carbocycles. The number of carboxylic acid groups (broad SMARTS) is 1. The van der Waals surface area contributed by atoms with Crippen LogP contribution in [-0.2, 0) is 4.79 Å². The maximum Gasteiger partial charge on any atom is 0.313 e. The fourth-order valence-electron chi connectivity index (χ4n) is 2.35. The number of thioether (sulfide) groups is 1. The van der Waals surface area contributed by atoms with Crippen LogP contribution in [0.25, 0.3) is 21.2 Å². The van der Waals surface area contributed by atoms with E-state index in [0.717, 1.165) is 25.7 Å². The first-order chi connectivity index (χ1) is 12.6. The fourth-order valence-corrected chi connectivity index (χ4v) is 4.19. The SMILES string of the molecule is COc1cc(/C=C(\SCC(=O)O)c2nc3ccccc3s2)cc(OC)c1. The Balaban J connectivity index is 2.05. The average Bonchev–Trinajstić information content (AvgIpc) is 3.08. The third-order valence-corrected chi connectivity index (χ3v) is 5.74. The number of para-hydroxylation sites is 1. The van der Waals surface area contributed by atoms with Gasteiger partial charge in [0.1, 0.15) is 16.5 Å². The minimum Gasteiger partial charge on any atom is -0.497 e. The normalized spacial score (nSPS) is 11.5. The second-order valence-corrected chi connectivity index (χ2v) is 7.37. The van der Waals surface area contributed by atoms with Crippen LogP contribution in [0.1, 0.15) is 10.6 Å². The molecule has 7 heteroatoms. The summed E-state index contributed by atoms with van der Waals surface area (Å²) in [6.07, 6.45) is 1.91. The van der Waals surface area contributed by atoms with Crippen molar-refractivity contribution < 1.29 is 19.4 Å². The van der Waals surface area contributed by atoms with Crippen LogP contribution in [0.5, 0.6) is 11.5 Å². The van der Waals surface area contributed by atoms with Crippen molar-refractivity contribution in [3.63, 3.8) is 0 Å². The van der Waals surface area contributed by atoms with Crippen LogP contribution in [0, 0.1) is 0 Å². The molecule has 0 radical (unpaired) electrons. The number of rotatable bonds is 7. The van der Waals surface area contributed by atoms with E-state index >= 15 is 0 Å². The molecule has 0 aliphatic rings. The summed E-state index contributed by atoms with van der Waals surface area (Å²) in [6, 6.07) is 13.4. The molecule has 134 valence electrons. The molecule has 1 aromatic heterocycles. The molecule has 0 amide bonds. The van der Waals surface area contributed by atoms with Gasteiger partial charge in [-0.15, -0.1) is 23.1 Å². The molecule has 0 unspecified atom stereocenters. The summed E-state index contributed by atoms with van der Waals surface area (Å²) in [5.74, 6) is 0.429. The van der Waals surface area contributed by atoms with Gasteiger partial charge in [-0.1, -0.05) is 12.1 Å². The molecule has 0 spiro atoms. The summed E-state index contributed by atoms with van der Waals surface area (Å²) in [4.78, 5) is 16.5. The molecule has 1 N–H and O–H groups in total. The van der Waals surface area contributed by atoms with Crippen molar-refractivity contribution in [3.8, 4) is 11.5 Å². The number of benzene rings is 2. The lowest BCUT2D eigenvalue weighted by Crippen LogP contribution is -1.98. The smallest absolute Gasteiger partial charge is 0.313 e. The molecule has 5 nitrogen and oxygen atoms in total. The van der Waals surface area contributed by atoms with E-state index in [0.29, 0.717) is 11.5 Å². The van der Waals surface area contributed by atoms with Crippen LogP contribution in [0.4, 0.5) is 0 Å². The van der Waals surface area contributed by atoms with Crippen molar-refractivity contribution in [1.82, 2.24) is 4.98 Å². The molecule has 0 atom stereocenters. The van der Waals surface area contributed by atoms with E-state index in [2.05, 4.69) is 4.98 Å². The van der Waals surface area contributed by atoms with Crippen molar-refractivity contribution in [1.29, 1.82) is 0 Å². The van der Waals surface area contributed by atoms with Gasteiger partial charge in [0.15, 0.2) is 0 Å². The Morgan fingerprint density at radius 3 is 2.50 bits per heavy atom. The molecule has 26 heavy (non-hydrogen) atoms. The van der Waals surface area contributed by atoms with Gasteiger partial charge in [-0.2, -0.15) is 0 Å². The van der Waals surface area contributed by atoms with Crippen molar-refractivity contribution in [3.05, 3.63) is 53.0 Å². The van der Waals surface area contributed by atoms with Crippen LogP contribution in [0.3, 0.4) is 0 Å². The van der Waals surface area contributed by atoms with Gasteiger partial charge in [0.05, 0.1) is 30.2 Å². The molecule has 1 heterocycles. The van der Waals surface area contributed by atoms with Crippen LogP contribution >= 0.6 is 23.1 Å². The lowest BCUT2D eigenvalue weighted by molar-refractivity contribution is -0.133. The second-order valence-electron chi connectivity index (χ2n) is 5.32. The quantitative estimate of drug-likeness (QED) is 0.637. The standard InChI is InChI=1S/C19H17NO4S2/c1-23-13-7-12(8-14(10-13)24-2)9-17(25-11-18(21)22)19-20-15-5-3-4-6-16(15)26-19/h3-10H,11H2,1-2H3,(H,21,22)/b17-9-. The Labute approximate surface area is 159 Å². The first kappa shape index (κ1) is 18.3. The molecule has 0 aliphatic heterocycles. The Morgan fingerprint density at radius 1 is 1.19 bits per heavy atom. The van der Waals surface area contributed by atoms with E-state index in [1.807, 2.05) is 42.5 Å². The minimum atomic E-state index is -0.870. The van der Waals surface area contributed by atoms with Crippen LogP contribution < -0.4 is 9.47 Å². The molecule has 0 aliphatic carbocycles. The molecule has 0 fully saturated rings. The maximum absolute atomic E-state index is 11.1. The number of carboxylic acids is 1. The summed E-state index contributed by atoms with van der Waals surface area (Å²) < 4.78 is 11.7.